The molecule has 1 atom stereocenters. The Morgan fingerprint density at radius 3 is 2.61 bits per heavy atom. The molecule has 2 heteroatoms. The molecule has 1 aliphatic carbocycles. The van der Waals surface area contributed by atoms with Crippen molar-refractivity contribution >= 4 is 16.7 Å². The smallest absolute Gasteiger partial charge is 0.302 e. The summed E-state index contributed by atoms with van der Waals surface area (Å²) < 4.78 is 5.59. The Morgan fingerprint density at radius 1 is 1.22 bits per heavy atom. The molecule has 0 spiro atoms. The van der Waals surface area contributed by atoms with Crippen molar-refractivity contribution in [3.63, 3.8) is 0 Å². The van der Waals surface area contributed by atoms with Crippen LogP contribution in [0.25, 0.3) is 10.8 Å². The van der Waals surface area contributed by atoms with E-state index in [4.69, 9.17) is 4.74 Å². The fourth-order valence-corrected chi connectivity index (χ4v) is 3.86. The average Bonchev–Trinajstić information content (AvgIpc) is 2.48. The van der Waals surface area contributed by atoms with Gasteiger partial charge in [0.2, 0.25) is 0 Å². The van der Waals surface area contributed by atoms with Gasteiger partial charge in [0.05, 0.1) is 0 Å². The van der Waals surface area contributed by atoms with Gasteiger partial charge in [-0.2, -0.15) is 0 Å². The van der Waals surface area contributed by atoms with Crippen LogP contribution in [0.1, 0.15) is 63.6 Å². The highest BCUT2D eigenvalue weighted by Gasteiger charge is 2.39. The van der Waals surface area contributed by atoms with E-state index in [0.29, 0.717) is 5.92 Å². The van der Waals surface area contributed by atoms with Gasteiger partial charge in [-0.1, -0.05) is 58.0 Å². The highest BCUT2D eigenvalue weighted by Crippen LogP contribution is 2.41. The minimum absolute atomic E-state index is 0.0418. The van der Waals surface area contributed by atoms with E-state index in [9.17, 15) is 4.79 Å². The van der Waals surface area contributed by atoms with Gasteiger partial charge < -0.3 is 4.74 Å². The second-order valence-electron chi connectivity index (χ2n) is 7.59. The van der Waals surface area contributed by atoms with E-state index in [1.165, 1.54) is 34.4 Å². The summed E-state index contributed by atoms with van der Waals surface area (Å²) in [5, 5.41) is 2.66. The number of fused-ring (bicyclic) bond motifs is 3. The highest BCUT2D eigenvalue weighted by atomic mass is 16.5. The van der Waals surface area contributed by atoms with Crippen LogP contribution in [0.5, 0.6) is 0 Å². The number of ether oxygens (including phenoxy) is 1. The minimum Gasteiger partial charge on any atom is -0.462 e. The zero-order valence-corrected chi connectivity index (χ0v) is 14.8. The quantitative estimate of drug-likeness (QED) is 0.720. The van der Waals surface area contributed by atoms with E-state index in [-0.39, 0.29) is 17.5 Å². The van der Waals surface area contributed by atoms with Gasteiger partial charge >= 0.3 is 5.97 Å². The first-order valence-corrected chi connectivity index (χ1v) is 8.54. The van der Waals surface area contributed by atoms with Gasteiger partial charge in [-0.05, 0) is 46.2 Å². The van der Waals surface area contributed by atoms with Gasteiger partial charge in [0.1, 0.15) is 6.10 Å². The zero-order valence-electron chi connectivity index (χ0n) is 14.8. The molecule has 0 heterocycles. The monoisotopic (exact) mass is 310 g/mol. The van der Waals surface area contributed by atoms with Crippen LogP contribution < -0.4 is 0 Å². The third-order valence-electron chi connectivity index (χ3n) is 5.29. The lowest BCUT2D eigenvalue weighted by atomic mass is 9.69. The molecule has 0 bridgehead atoms. The fourth-order valence-electron chi connectivity index (χ4n) is 3.86. The molecule has 2 aromatic rings. The van der Waals surface area contributed by atoms with Gasteiger partial charge in [0, 0.05) is 12.3 Å². The molecule has 122 valence electrons. The van der Waals surface area contributed by atoms with Crippen LogP contribution in [-0.2, 0) is 21.4 Å². The number of carbonyl (C=O) groups excluding carboxylic acids is 1. The molecule has 0 unspecified atom stereocenters. The van der Waals surface area contributed by atoms with Crippen LogP contribution in [0.2, 0.25) is 0 Å². The Hall–Kier alpha value is -1.83. The van der Waals surface area contributed by atoms with Crippen molar-refractivity contribution in [2.45, 2.75) is 64.9 Å². The lowest BCUT2D eigenvalue weighted by Crippen LogP contribution is -2.41. The number of esters is 1. The SMILES string of the molecule is CC(=O)O[C@@H]1CCc2c(ccc3cc(C(C)C)ccc23)C1(C)C. The number of carbonyl (C=O) groups is 1. The number of rotatable bonds is 2. The fraction of sp³-hybridized carbons (Fsp3) is 0.476. The molecular formula is C21H26O2. The molecule has 3 rings (SSSR count). The van der Waals surface area contributed by atoms with Crippen molar-refractivity contribution in [1.29, 1.82) is 0 Å². The first-order chi connectivity index (χ1) is 10.8. The first-order valence-electron chi connectivity index (χ1n) is 8.54. The Kier molecular flexibility index (Phi) is 3.95. The first kappa shape index (κ1) is 16.0. The number of benzene rings is 2. The highest BCUT2D eigenvalue weighted by molar-refractivity contribution is 5.88. The standard InChI is InChI=1S/C21H26O2/c1-13(2)15-6-8-17-16(12-15)7-10-19-18(17)9-11-20(21(19,4)5)23-14(3)22/h6-8,10,12-13,20H,9,11H2,1-5H3/t20-/m1/s1. The molecule has 23 heavy (non-hydrogen) atoms. The van der Waals surface area contributed by atoms with Crippen molar-refractivity contribution < 1.29 is 9.53 Å². The van der Waals surface area contributed by atoms with Gasteiger partial charge in [-0.3, -0.25) is 4.79 Å². The Balaban J connectivity index is 2.10. The second kappa shape index (κ2) is 5.67. The van der Waals surface area contributed by atoms with E-state index in [1.807, 2.05) is 0 Å². The Morgan fingerprint density at radius 2 is 1.96 bits per heavy atom. The van der Waals surface area contributed by atoms with Crippen molar-refractivity contribution in [2.75, 3.05) is 0 Å². The van der Waals surface area contributed by atoms with Crippen LogP contribution in [0, 0.1) is 0 Å². The Labute approximate surface area is 138 Å². The van der Waals surface area contributed by atoms with Gasteiger partial charge in [-0.25, -0.2) is 0 Å². The van der Waals surface area contributed by atoms with E-state index >= 15 is 0 Å². The molecule has 0 aliphatic heterocycles. The maximum Gasteiger partial charge on any atom is 0.302 e. The van der Waals surface area contributed by atoms with E-state index < -0.39 is 0 Å². The molecule has 2 nitrogen and oxygen atoms in total. The van der Waals surface area contributed by atoms with Gasteiger partial charge in [0.25, 0.3) is 0 Å². The molecule has 0 N–H and O–H groups in total. The van der Waals surface area contributed by atoms with Gasteiger partial charge in [0.15, 0.2) is 0 Å². The summed E-state index contributed by atoms with van der Waals surface area (Å²) in [7, 11) is 0. The van der Waals surface area contributed by atoms with Crippen LogP contribution in [0.3, 0.4) is 0 Å². The molecule has 0 radical (unpaired) electrons. The normalized spacial score (nSPS) is 19.7. The Bertz CT molecular complexity index is 756. The third kappa shape index (κ3) is 2.75. The van der Waals surface area contributed by atoms with E-state index in [0.717, 1.165) is 12.8 Å². The summed E-state index contributed by atoms with van der Waals surface area (Å²) >= 11 is 0. The summed E-state index contributed by atoms with van der Waals surface area (Å²) in [6, 6.07) is 11.3. The van der Waals surface area contributed by atoms with Crippen molar-refractivity contribution in [2.24, 2.45) is 0 Å². The van der Waals surface area contributed by atoms with Gasteiger partial charge in [-0.15, -0.1) is 0 Å². The largest absolute Gasteiger partial charge is 0.462 e. The maximum atomic E-state index is 11.4. The maximum absolute atomic E-state index is 11.4. The summed E-state index contributed by atoms with van der Waals surface area (Å²) in [6.07, 6.45) is 1.82. The minimum atomic E-state index is -0.186. The lowest BCUT2D eigenvalue weighted by Gasteiger charge is -2.40. The molecule has 1 aliphatic rings. The molecule has 2 aromatic carbocycles. The summed E-state index contributed by atoms with van der Waals surface area (Å²) in [5.74, 6) is 0.356. The van der Waals surface area contributed by atoms with E-state index in [2.05, 4.69) is 58.0 Å². The molecule has 0 saturated heterocycles. The average molecular weight is 310 g/mol. The van der Waals surface area contributed by atoms with E-state index in [1.54, 1.807) is 0 Å². The summed E-state index contributed by atoms with van der Waals surface area (Å²) in [6.45, 7) is 10.3. The number of hydrogen-bond donors (Lipinski definition) is 0. The summed E-state index contributed by atoms with van der Waals surface area (Å²) in [5.41, 5.74) is 3.97. The summed E-state index contributed by atoms with van der Waals surface area (Å²) in [4.78, 5) is 11.4. The molecule has 0 amide bonds. The van der Waals surface area contributed by atoms with Crippen LogP contribution in [0.15, 0.2) is 30.3 Å². The topological polar surface area (TPSA) is 26.3 Å². The predicted octanol–water partition coefficient (Wildman–Crippen LogP) is 5.12. The number of hydrogen-bond acceptors (Lipinski definition) is 2. The lowest BCUT2D eigenvalue weighted by molar-refractivity contribution is -0.150. The van der Waals surface area contributed by atoms with Crippen molar-refractivity contribution in [3.05, 3.63) is 47.0 Å². The third-order valence-corrected chi connectivity index (χ3v) is 5.29. The number of aryl methyl sites for hydroxylation is 1. The van der Waals surface area contributed by atoms with Crippen molar-refractivity contribution in [1.82, 2.24) is 0 Å². The van der Waals surface area contributed by atoms with Crippen LogP contribution in [0.4, 0.5) is 0 Å². The molecule has 0 aromatic heterocycles. The van der Waals surface area contributed by atoms with Crippen molar-refractivity contribution in [3.8, 4) is 0 Å². The second-order valence-corrected chi connectivity index (χ2v) is 7.59. The molecular weight excluding hydrogens is 284 g/mol. The molecule has 0 saturated carbocycles. The van der Waals surface area contributed by atoms with Crippen LogP contribution in [-0.4, -0.2) is 12.1 Å². The van der Waals surface area contributed by atoms with Crippen LogP contribution >= 0.6 is 0 Å². The molecule has 0 fully saturated rings. The predicted molar refractivity (Wildman–Crippen MR) is 94.9 cm³/mol. The zero-order chi connectivity index (χ0) is 16.8.